The first kappa shape index (κ1) is 35.8. The average molecular weight is 691 g/mol. The molecule has 4 rings (SSSR count). The van der Waals surface area contributed by atoms with Crippen molar-refractivity contribution in [3.05, 3.63) is 107 Å². The van der Waals surface area contributed by atoms with E-state index in [9.17, 15) is 12.8 Å². The number of nitrogens with zero attached hydrogens (tertiary/aromatic N) is 4. The molecular formula is C30H32ClFN6O4S3. The van der Waals surface area contributed by atoms with E-state index in [4.69, 9.17) is 21.1 Å². The van der Waals surface area contributed by atoms with Gasteiger partial charge in [-0.05, 0) is 54.8 Å². The molecule has 0 spiro atoms. The molecule has 2 aromatic carbocycles. The van der Waals surface area contributed by atoms with Crippen LogP contribution in [0, 0.1) is 5.82 Å². The Hall–Kier alpha value is -3.69. The van der Waals surface area contributed by atoms with Crippen LogP contribution in [0.25, 0.3) is 11.1 Å². The van der Waals surface area contributed by atoms with Crippen molar-refractivity contribution < 1.29 is 22.3 Å². The van der Waals surface area contributed by atoms with Crippen LogP contribution >= 0.6 is 35.1 Å². The highest BCUT2D eigenvalue weighted by atomic mass is 35.5. The van der Waals surface area contributed by atoms with Gasteiger partial charge in [-0.15, -0.1) is 23.5 Å². The normalized spacial score (nSPS) is 11.3. The molecule has 0 aliphatic rings. The molecule has 0 bridgehead atoms. The van der Waals surface area contributed by atoms with Crippen molar-refractivity contribution in [1.29, 1.82) is 0 Å². The number of aromatic nitrogens is 4. The van der Waals surface area contributed by atoms with Gasteiger partial charge in [-0.25, -0.2) is 24.3 Å². The van der Waals surface area contributed by atoms with Crippen molar-refractivity contribution in [3.8, 4) is 23.0 Å². The third-order valence-electron chi connectivity index (χ3n) is 5.67. The summed E-state index contributed by atoms with van der Waals surface area (Å²) < 4.78 is 54.9. The Bertz CT molecular complexity index is 1660. The van der Waals surface area contributed by atoms with Crippen LogP contribution < -0.4 is 18.9 Å². The lowest BCUT2D eigenvalue weighted by atomic mass is 10.1. The fourth-order valence-electron chi connectivity index (χ4n) is 3.45. The monoisotopic (exact) mass is 690 g/mol. The zero-order chi connectivity index (χ0) is 32.7. The van der Waals surface area contributed by atoms with E-state index in [0.717, 1.165) is 4.90 Å². The van der Waals surface area contributed by atoms with Gasteiger partial charge in [-0.1, -0.05) is 54.6 Å². The highest BCUT2D eigenvalue weighted by Crippen LogP contribution is 2.35. The average Bonchev–Trinajstić information content (AvgIpc) is 3.05. The Morgan fingerprint density at radius 2 is 1.67 bits per heavy atom. The van der Waals surface area contributed by atoms with Gasteiger partial charge >= 0.3 is 16.2 Å². The molecule has 0 amide bonds. The Balaban J connectivity index is 0.000000707. The molecule has 0 unspecified atom stereocenters. The van der Waals surface area contributed by atoms with Gasteiger partial charge in [-0.2, -0.15) is 13.1 Å². The number of allylic oxidation sites excluding steroid dienone is 2. The van der Waals surface area contributed by atoms with Crippen molar-refractivity contribution in [2.45, 2.75) is 18.4 Å². The molecule has 0 saturated carbocycles. The topological polar surface area (TPSA) is 128 Å². The Kier molecular flexibility index (Phi) is 14.6. The number of hydrogen-bond acceptors (Lipinski definition) is 10. The zero-order valence-corrected chi connectivity index (χ0v) is 27.9. The minimum Gasteiger partial charge on any atom is -0.473 e. The summed E-state index contributed by atoms with van der Waals surface area (Å²) >= 11 is 9.27. The standard InChI is InChI=1S/C24H22ClFN6O4S2.C6H10S/c1-37-20-13-27-24(28-14-20)36-11-10-35-23-21(17-4-6-18(25)7-5-17)22(29-15-30-23)32-38(33,34)31-12-16-2-8-19(26)9-3-16;1-4-6(5-2)7-3/h2-9,13-15,31H,10-12H2,1H3,(H,29,30,32);4-5H,1H2,2-3H3/b;6-5+. The van der Waals surface area contributed by atoms with Gasteiger partial charge in [0.15, 0.2) is 5.82 Å². The first-order chi connectivity index (χ1) is 21.7. The summed E-state index contributed by atoms with van der Waals surface area (Å²) in [5.74, 6) is -0.302. The fraction of sp³-hybridized carbons (Fsp3) is 0.200. The lowest BCUT2D eigenvalue weighted by Crippen LogP contribution is -2.30. The van der Waals surface area contributed by atoms with Gasteiger partial charge in [0.1, 0.15) is 25.4 Å². The zero-order valence-electron chi connectivity index (χ0n) is 24.7. The molecule has 4 aromatic rings. The summed E-state index contributed by atoms with van der Waals surface area (Å²) in [5, 5.41) is 0.497. The number of ether oxygens (including phenoxy) is 2. The smallest absolute Gasteiger partial charge is 0.316 e. The van der Waals surface area contributed by atoms with E-state index >= 15 is 0 Å². The van der Waals surface area contributed by atoms with Crippen LogP contribution in [0.2, 0.25) is 5.02 Å². The van der Waals surface area contributed by atoms with E-state index in [1.165, 1.54) is 47.3 Å². The number of nitrogens with one attached hydrogen (secondary N) is 2. The highest BCUT2D eigenvalue weighted by molar-refractivity contribution is 8.02. The molecule has 0 aliphatic heterocycles. The summed E-state index contributed by atoms with van der Waals surface area (Å²) in [6, 6.07) is 12.3. The fourth-order valence-corrected chi connectivity index (χ4v) is 5.13. The van der Waals surface area contributed by atoms with Crippen LogP contribution in [0.4, 0.5) is 10.2 Å². The van der Waals surface area contributed by atoms with Crippen molar-refractivity contribution in [3.63, 3.8) is 0 Å². The van der Waals surface area contributed by atoms with Gasteiger partial charge in [0.05, 0.1) is 5.56 Å². The van der Waals surface area contributed by atoms with Gasteiger partial charge in [-0.3, -0.25) is 4.72 Å². The molecule has 10 nitrogen and oxygen atoms in total. The van der Waals surface area contributed by atoms with Crippen molar-refractivity contribution >= 4 is 51.2 Å². The molecule has 2 aromatic heterocycles. The molecule has 0 radical (unpaired) electrons. The van der Waals surface area contributed by atoms with E-state index < -0.39 is 16.0 Å². The van der Waals surface area contributed by atoms with E-state index in [2.05, 4.69) is 36.0 Å². The number of hydrogen-bond donors (Lipinski definition) is 2. The van der Waals surface area contributed by atoms with Gasteiger partial charge < -0.3 is 9.47 Å². The Morgan fingerprint density at radius 1 is 1.00 bits per heavy atom. The quantitative estimate of drug-likeness (QED) is 0.0829. The maximum absolute atomic E-state index is 13.1. The lowest BCUT2D eigenvalue weighted by molar-refractivity contribution is 0.201. The minimum atomic E-state index is -4.07. The van der Waals surface area contributed by atoms with Crippen molar-refractivity contribution in [2.75, 3.05) is 30.4 Å². The molecule has 2 N–H and O–H groups in total. The number of rotatable bonds is 14. The first-order valence-electron chi connectivity index (χ1n) is 13.2. The number of benzene rings is 2. The second-order valence-corrected chi connectivity index (χ2v) is 12.4. The number of halogens is 2. The Morgan fingerprint density at radius 3 is 2.24 bits per heavy atom. The van der Waals surface area contributed by atoms with E-state index in [-0.39, 0.29) is 37.5 Å². The summed E-state index contributed by atoms with van der Waals surface area (Å²) in [6.45, 7) is 5.75. The molecule has 15 heteroatoms. The molecule has 0 atom stereocenters. The number of anilines is 1. The number of thioether (sulfide) groups is 2. The molecule has 45 heavy (non-hydrogen) atoms. The van der Waals surface area contributed by atoms with Crippen LogP contribution in [0.3, 0.4) is 0 Å². The van der Waals surface area contributed by atoms with Gasteiger partial charge in [0.25, 0.3) is 0 Å². The maximum Gasteiger partial charge on any atom is 0.316 e. The van der Waals surface area contributed by atoms with Gasteiger partial charge in [0.2, 0.25) is 5.88 Å². The lowest BCUT2D eigenvalue weighted by Gasteiger charge is -2.16. The molecule has 238 valence electrons. The van der Waals surface area contributed by atoms with E-state index in [1.54, 1.807) is 48.4 Å². The molecule has 0 fully saturated rings. The van der Waals surface area contributed by atoms with Crippen LogP contribution in [0.1, 0.15) is 12.5 Å². The second kappa shape index (κ2) is 18.3. The first-order valence-corrected chi connectivity index (χ1v) is 17.6. The second-order valence-electron chi connectivity index (χ2n) is 8.66. The third kappa shape index (κ3) is 12.0. The summed E-state index contributed by atoms with van der Waals surface area (Å²) in [7, 11) is -4.07. The molecule has 2 heterocycles. The third-order valence-corrected chi connectivity index (χ3v) is 8.47. The van der Waals surface area contributed by atoms with Crippen LogP contribution in [0.15, 0.2) is 95.8 Å². The Labute approximate surface area is 276 Å². The highest BCUT2D eigenvalue weighted by Gasteiger charge is 2.20. The van der Waals surface area contributed by atoms with Crippen LogP contribution in [-0.2, 0) is 16.8 Å². The predicted molar refractivity (Wildman–Crippen MR) is 181 cm³/mol. The van der Waals surface area contributed by atoms with Crippen molar-refractivity contribution in [2.24, 2.45) is 0 Å². The minimum absolute atomic E-state index is 0.0131. The predicted octanol–water partition coefficient (Wildman–Crippen LogP) is 6.79. The largest absolute Gasteiger partial charge is 0.473 e. The molecular weight excluding hydrogens is 659 g/mol. The van der Waals surface area contributed by atoms with E-state index in [1.807, 2.05) is 31.6 Å². The van der Waals surface area contributed by atoms with Gasteiger partial charge in [0, 0.05) is 33.8 Å². The molecule has 0 saturated heterocycles. The van der Waals surface area contributed by atoms with Crippen molar-refractivity contribution in [1.82, 2.24) is 24.7 Å². The molecule has 0 aliphatic carbocycles. The van der Waals surface area contributed by atoms with Crippen LogP contribution in [0.5, 0.6) is 11.9 Å². The SMILES string of the molecule is C=C/C(=C\C)SC.CSc1cnc(OCCOc2ncnc(NS(=O)(=O)NCc3ccc(F)cc3)c2-c2ccc(Cl)cc2)nc1. The summed E-state index contributed by atoms with van der Waals surface area (Å²) in [4.78, 5) is 18.7. The van der Waals surface area contributed by atoms with E-state index in [0.29, 0.717) is 21.7 Å². The maximum atomic E-state index is 13.1. The summed E-state index contributed by atoms with van der Waals surface area (Å²) in [5.41, 5.74) is 1.45. The van der Waals surface area contributed by atoms with Crippen LogP contribution in [-0.4, -0.2) is 54.1 Å². The summed E-state index contributed by atoms with van der Waals surface area (Å²) in [6.07, 6.45) is 12.3.